The molecule has 0 radical (unpaired) electrons. The molecule has 0 aliphatic carbocycles. The first kappa shape index (κ1) is 13.6. The van der Waals surface area contributed by atoms with Crippen molar-refractivity contribution in [1.29, 1.82) is 0 Å². The molecule has 1 aromatic rings. The first-order chi connectivity index (χ1) is 8.20. The zero-order valence-corrected chi connectivity index (χ0v) is 9.92. The number of hydrogen-bond donors (Lipinski definition) is 2. The molecule has 2 rings (SSSR count). The van der Waals surface area contributed by atoms with Crippen LogP contribution in [0.2, 0.25) is 0 Å². The second-order valence-electron chi connectivity index (χ2n) is 3.36. The Morgan fingerprint density at radius 2 is 2.24 bits per heavy atom. The summed E-state index contributed by atoms with van der Waals surface area (Å²) >= 11 is 0. The number of hydrogen-bond acceptors (Lipinski definition) is 5. The van der Waals surface area contributed by atoms with E-state index < -0.39 is 17.5 Å². The maximum Gasteiger partial charge on any atom is 0.347 e. The minimum Gasteiger partial charge on any atom is -0.394 e. The average molecular weight is 243 g/mol. The smallest absolute Gasteiger partial charge is 0.347 e. The molecule has 96 valence electrons. The number of nitrogens with one attached hydrogen (secondary N) is 1. The maximum absolute atomic E-state index is 11.3. The number of aliphatic hydroxyl groups excluding tert-OH is 1. The van der Waals surface area contributed by atoms with Crippen molar-refractivity contribution >= 4 is 0 Å². The fourth-order valence-electron chi connectivity index (χ4n) is 1.57. The van der Waals surface area contributed by atoms with Gasteiger partial charge in [0.25, 0.3) is 5.56 Å². The average Bonchev–Trinajstić information content (AvgIpc) is 2.80. The lowest BCUT2D eigenvalue weighted by Gasteiger charge is -2.12. The van der Waals surface area contributed by atoms with E-state index in [1.807, 2.05) is 13.8 Å². The van der Waals surface area contributed by atoms with Crippen LogP contribution in [0.5, 0.6) is 0 Å². The molecule has 2 heterocycles. The van der Waals surface area contributed by atoms with E-state index in [0.29, 0.717) is 12.8 Å². The van der Waals surface area contributed by atoms with Crippen LogP contribution in [-0.2, 0) is 4.74 Å². The van der Waals surface area contributed by atoms with Crippen molar-refractivity contribution in [3.8, 4) is 0 Å². The highest BCUT2D eigenvalue weighted by Gasteiger charge is 2.27. The van der Waals surface area contributed by atoms with Gasteiger partial charge in [-0.15, -0.1) is 0 Å². The van der Waals surface area contributed by atoms with Gasteiger partial charge in [0, 0.05) is 0 Å². The van der Waals surface area contributed by atoms with Crippen LogP contribution >= 0.6 is 0 Å². The summed E-state index contributed by atoms with van der Waals surface area (Å²) in [5.41, 5.74) is -1.13. The van der Waals surface area contributed by atoms with E-state index in [1.165, 1.54) is 0 Å². The molecule has 2 unspecified atom stereocenters. The summed E-state index contributed by atoms with van der Waals surface area (Å²) in [5, 5.41) is 12.5. The van der Waals surface area contributed by atoms with E-state index >= 15 is 0 Å². The Hall–Kier alpha value is -1.47. The number of aliphatic hydroxyl groups is 1. The Kier molecular flexibility index (Phi) is 5.05. The molecule has 1 aliphatic heterocycles. The van der Waals surface area contributed by atoms with Crippen molar-refractivity contribution in [1.82, 2.24) is 14.8 Å². The number of ether oxygens (including phenoxy) is 1. The van der Waals surface area contributed by atoms with Gasteiger partial charge in [0.2, 0.25) is 0 Å². The Morgan fingerprint density at radius 1 is 1.53 bits per heavy atom. The summed E-state index contributed by atoms with van der Waals surface area (Å²) in [6.45, 7) is 3.93. The van der Waals surface area contributed by atoms with E-state index in [2.05, 4.69) is 10.1 Å². The van der Waals surface area contributed by atoms with Crippen LogP contribution < -0.4 is 11.2 Å². The van der Waals surface area contributed by atoms with Crippen molar-refractivity contribution < 1.29 is 9.84 Å². The van der Waals surface area contributed by atoms with Gasteiger partial charge >= 0.3 is 5.69 Å². The highest BCUT2D eigenvalue weighted by atomic mass is 16.5. The van der Waals surface area contributed by atoms with Gasteiger partial charge in [0.1, 0.15) is 6.20 Å². The van der Waals surface area contributed by atoms with Gasteiger partial charge in [-0.25, -0.2) is 4.79 Å². The number of H-pyrrole nitrogens is 1. The Balaban J connectivity index is 0.000000686. The molecule has 0 amide bonds. The van der Waals surface area contributed by atoms with Crippen molar-refractivity contribution in [2.75, 3.05) is 6.61 Å². The third kappa shape index (κ3) is 3.24. The normalized spacial score (nSPS) is 23.0. The highest BCUT2D eigenvalue weighted by Crippen LogP contribution is 2.25. The Labute approximate surface area is 98.1 Å². The first-order valence-electron chi connectivity index (χ1n) is 5.65. The molecule has 1 aromatic heterocycles. The summed E-state index contributed by atoms with van der Waals surface area (Å²) in [4.78, 5) is 24.2. The van der Waals surface area contributed by atoms with Crippen molar-refractivity contribution in [3.05, 3.63) is 27.0 Å². The van der Waals surface area contributed by atoms with Crippen LogP contribution in [0.15, 0.2) is 15.8 Å². The quantitative estimate of drug-likeness (QED) is 0.738. The molecule has 1 fully saturated rings. The monoisotopic (exact) mass is 243 g/mol. The third-order valence-electron chi connectivity index (χ3n) is 2.30. The van der Waals surface area contributed by atoms with E-state index in [0.717, 1.165) is 10.9 Å². The lowest BCUT2D eigenvalue weighted by Crippen LogP contribution is -2.34. The van der Waals surface area contributed by atoms with Gasteiger partial charge < -0.3 is 9.84 Å². The Bertz CT molecular complexity index is 453. The van der Waals surface area contributed by atoms with E-state index in [4.69, 9.17) is 9.84 Å². The highest BCUT2D eigenvalue weighted by molar-refractivity contribution is 4.75. The largest absolute Gasteiger partial charge is 0.394 e. The third-order valence-corrected chi connectivity index (χ3v) is 2.30. The first-order valence-corrected chi connectivity index (χ1v) is 5.65. The summed E-state index contributed by atoms with van der Waals surface area (Å²) < 4.78 is 6.43. The van der Waals surface area contributed by atoms with Crippen LogP contribution in [0.4, 0.5) is 0 Å². The lowest BCUT2D eigenvalue weighted by molar-refractivity contribution is -0.0313. The van der Waals surface area contributed by atoms with Gasteiger partial charge in [-0.3, -0.25) is 9.78 Å². The standard InChI is InChI=1S/C8H11N3O4.C2H6/c12-4-5-1-2-7(15-5)11-8(14)10-6(13)3-9-11;1-2/h3,5,7,12H,1-2,4H2,(H,10,13,14);1-2H3. The maximum atomic E-state index is 11.3. The molecule has 0 aromatic carbocycles. The second kappa shape index (κ2) is 6.31. The SMILES string of the molecule is CC.O=c1cnn(C2CCC(CO)O2)c(=O)[nH]1. The van der Waals surface area contributed by atoms with Gasteiger partial charge in [-0.1, -0.05) is 13.8 Å². The van der Waals surface area contributed by atoms with Gasteiger partial charge in [0.15, 0.2) is 6.23 Å². The number of rotatable bonds is 2. The minimum absolute atomic E-state index is 0.0748. The molecular formula is C10H17N3O4. The molecule has 1 saturated heterocycles. The molecular weight excluding hydrogens is 226 g/mol. The molecule has 7 nitrogen and oxygen atoms in total. The molecule has 2 atom stereocenters. The lowest BCUT2D eigenvalue weighted by atomic mass is 10.2. The topological polar surface area (TPSA) is 97.2 Å². The summed E-state index contributed by atoms with van der Waals surface area (Å²) in [5.74, 6) is 0. The molecule has 7 heteroatoms. The summed E-state index contributed by atoms with van der Waals surface area (Å²) in [6, 6.07) is 0. The van der Waals surface area contributed by atoms with Crippen LogP contribution in [0.3, 0.4) is 0 Å². The predicted octanol–water partition coefficient (Wildman–Crippen LogP) is -0.372. The van der Waals surface area contributed by atoms with Crippen molar-refractivity contribution in [3.63, 3.8) is 0 Å². The fourth-order valence-corrected chi connectivity index (χ4v) is 1.57. The zero-order chi connectivity index (χ0) is 12.8. The molecule has 2 N–H and O–H groups in total. The summed E-state index contributed by atoms with van der Waals surface area (Å²) in [6.07, 6.45) is 1.55. The minimum atomic E-state index is -0.592. The van der Waals surface area contributed by atoms with Crippen LogP contribution in [0, 0.1) is 0 Å². The molecule has 17 heavy (non-hydrogen) atoms. The molecule has 0 bridgehead atoms. The number of aromatic amines is 1. The Morgan fingerprint density at radius 3 is 2.76 bits per heavy atom. The second-order valence-corrected chi connectivity index (χ2v) is 3.36. The van der Waals surface area contributed by atoms with Gasteiger partial charge in [-0.2, -0.15) is 9.78 Å². The van der Waals surface area contributed by atoms with Crippen LogP contribution in [0.1, 0.15) is 32.9 Å². The fraction of sp³-hybridized carbons (Fsp3) is 0.700. The van der Waals surface area contributed by atoms with Crippen molar-refractivity contribution in [2.24, 2.45) is 0 Å². The number of aromatic nitrogens is 3. The van der Waals surface area contributed by atoms with E-state index in [1.54, 1.807) is 0 Å². The van der Waals surface area contributed by atoms with Crippen molar-refractivity contribution in [2.45, 2.75) is 39.0 Å². The predicted molar refractivity (Wildman–Crippen MR) is 60.7 cm³/mol. The van der Waals surface area contributed by atoms with Gasteiger partial charge in [0.05, 0.1) is 12.7 Å². The molecule has 0 spiro atoms. The van der Waals surface area contributed by atoms with E-state index in [9.17, 15) is 9.59 Å². The van der Waals surface area contributed by atoms with Crippen LogP contribution in [0.25, 0.3) is 0 Å². The van der Waals surface area contributed by atoms with E-state index in [-0.39, 0.29) is 12.7 Å². The van der Waals surface area contributed by atoms with Gasteiger partial charge in [-0.05, 0) is 12.8 Å². The summed E-state index contributed by atoms with van der Waals surface area (Å²) in [7, 11) is 0. The molecule has 1 aliphatic rings. The van der Waals surface area contributed by atoms with Crippen LogP contribution in [-0.4, -0.2) is 32.6 Å². The molecule has 0 saturated carbocycles. The zero-order valence-electron chi connectivity index (χ0n) is 9.92. The number of nitrogens with zero attached hydrogens (tertiary/aromatic N) is 2.